The molecule has 0 aromatic heterocycles. The second-order valence-corrected chi connectivity index (χ2v) is 5.77. The number of primary amides is 1. The Bertz CT molecular complexity index is 674. The summed E-state index contributed by atoms with van der Waals surface area (Å²) < 4.78 is 0. The van der Waals surface area contributed by atoms with Crippen molar-refractivity contribution in [2.45, 2.75) is 19.4 Å². The molecular formula is C19H23N3O2. The highest BCUT2D eigenvalue weighted by Gasteiger charge is 2.27. The Balaban J connectivity index is 2.21. The molecule has 5 nitrogen and oxygen atoms in total. The van der Waals surface area contributed by atoms with Crippen molar-refractivity contribution in [2.24, 2.45) is 17.4 Å². The number of benzene rings is 2. The molecule has 2 aromatic rings. The summed E-state index contributed by atoms with van der Waals surface area (Å²) in [5.74, 6) is -0.997. The molecule has 0 fully saturated rings. The van der Waals surface area contributed by atoms with Gasteiger partial charge in [0.2, 0.25) is 11.8 Å². The number of carbonyl (C=O) groups is 2. The van der Waals surface area contributed by atoms with Crippen LogP contribution < -0.4 is 16.4 Å². The van der Waals surface area contributed by atoms with E-state index in [1.807, 2.05) is 60.7 Å². The molecule has 126 valence electrons. The molecule has 0 radical (unpaired) electrons. The molecule has 0 aliphatic rings. The van der Waals surface area contributed by atoms with E-state index in [1.165, 1.54) is 0 Å². The van der Waals surface area contributed by atoms with Crippen LogP contribution in [0, 0.1) is 5.92 Å². The number of rotatable bonds is 7. The molecule has 2 rings (SSSR count). The third-order valence-electron chi connectivity index (χ3n) is 4.03. The summed E-state index contributed by atoms with van der Waals surface area (Å²) in [6, 6.07) is 18.3. The Morgan fingerprint density at radius 2 is 1.54 bits per heavy atom. The zero-order valence-electron chi connectivity index (χ0n) is 13.8. The van der Waals surface area contributed by atoms with E-state index in [9.17, 15) is 9.59 Å². The van der Waals surface area contributed by atoms with Crippen LogP contribution in [0.4, 0.5) is 5.69 Å². The van der Waals surface area contributed by atoms with Crippen LogP contribution in [-0.2, 0) is 9.59 Å². The van der Waals surface area contributed by atoms with Gasteiger partial charge in [-0.25, -0.2) is 0 Å². The molecule has 0 heterocycles. The van der Waals surface area contributed by atoms with Crippen LogP contribution in [0.1, 0.15) is 24.9 Å². The van der Waals surface area contributed by atoms with Gasteiger partial charge < -0.3 is 16.4 Å². The molecule has 2 aromatic carbocycles. The Kier molecular flexibility index (Phi) is 6.09. The van der Waals surface area contributed by atoms with Gasteiger partial charge >= 0.3 is 0 Å². The lowest BCUT2D eigenvalue weighted by Crippen LogP contribution is -2.41. The summed E-state index contributed by atoms with van der Waals surface area (Å²) in [6.07, 6.45) is 0.105. The SMILES string of the molecule is CC(C(=O)N(CCC(N)=O)c1ccccc1)C(N)c1ccccc1. The first-order valence-corrected chi connectivity index (χ1v) is 7.96. The summed E-state index contributed by atoms with van der Waals surface area (Å²) >= 11 is 0. The predicted molar refractivity (Wildman–Crippen MR) is 95.1 cm³/mol. The Hall–Kier alpha value is -2.66. The minimum atomic E-state index is -0.441. The van der Waals surface area contributed by atoms with Crippen molar-refractivity contribution in [3.63, 3.8) is 0 Å². The molecular weight excluding hydrogens is 302 g/mol. The van der Waals surface area contributed by atoms with Gasteiger partial charge in [-0.15, -0.1) is 0 Å². The van der Waals surface area contributed by atoms with Gasteiger partial charge in [0.25, 0.3) is 0 Å². The molecule has 0 aliphatic heterocycles. The van der Waals surface area contributed by atoms with Crippen LogP contribution in [0.15, 0.2) is 60.7 Å². The lowest BCUT2D eigenvalue weighted by Gasteiger charge is -2.28. The molecule has 4 N–H and O–H groups in total. The molecule has 0 aliphatic carbocycles. The number of anilines is 1. The molecule has 0 saturated heterocycles. The fraction of sp³-hybridized carbons (Fsp3) is 0.263. The summed E-state index contributed by atoms with van der Waals surface area (Å²) in [5.41, 5.74) is 13.2. The topological polar surface area (TPSA) is 89.4 Å². The zero-order chi connectivity index (χ0) is 17.5. The summed E-state index contributed by atoms with van der Waals surface area (Å²) in [6.45, 7) is 2.05. The van der Waals surface area contributed by atoms with E-state index in [-0.39, 0.29) is 18.9 Å². The maximum absolute atomic E-state index is 13.0. The largest absolute Gasteiger partial charge is 0.370 e. The molecule has 2 amide bonds. The van der Waals surface area contributed by atoms with Gasteiger partial charge in [-0.3, -0.25) is 9.59 Å². The average molecular weight is 325 g/mol. The van der Waals surface area contributed by atoms with Gasteiger partial charge in [0.05, 0.1) is 5.92 Å². The van der Waals surface area contributed by atoms with Crippen molar-refractivity contribution in [3.8, 4) is 0 Å². The van der Waals surface area contributed by atoms with Crippen LogP contribution >= 0.6 is 0 Å². The number of carbonyl (C=O) groups excluding carboxylic acids is 2. The smallest absolute Gasteiger partial charge is 0.231 e. The number of nitrogens with zero attached hydrogens (tertiary/aromatic N) is 1. The van der Waals surface area contributed by atoms with Gasteiger partial charge in [0.15, 0.2) is 0 Å². The van der Waals surface area contributed by atoms with Gasteiger partial charge in [0.1, 0.15) is 0 Å². The fourth-order valence-corrected chi connectivity index (χ4v) is 2.56. The number of hydrogen-bond acceptors (Lipinski definition) is 3. The van der Waals surface area contributed by atoms with E-state index in [1.54, 1.807) is 11.8 Å². The lowest BCUT2D eigenvalue weighted by molar-refractivity contribution is -0.122. The number of nitrogens with two attached hydrogens (primary N) is 2. The second-order valence-electron chi connectivity index (χ2n) is 5.77. The molecule has 24 heavy (non-hydrogen) atoms. The normalized spacial score (nSPS) is 13.1. The van der Waals surface area contributed by atoms with Gasteiger partial charge in [0, 0.05) is 24.7 Å². The first-order valence-electron chi connectivity index (χ1n) is 7.96. The maximum atomic E-state index is 13.0. The molecule has 0 saturated carbocycles. The monoisotopic (exact) mass is 325 g/mol. The second kappa shape index (κ2) is 8.26. The van der Waals surface area contributed by atoms with Crippen LogP contribution in [0.3, 0.4) is 0 Å². The van der Waals surface area contributed by atoms with Crippen molar-refractivity contribution in [1.82, 2.24) is 0 Å². The molecule has 2 atom stereocenters. The highest BCUT2D eigenvalue weighted by atomic mass is 16.2. The van der Waals surface area contributed by atoms with Crippen molar-refractivity contribution in [1.29, 1.82) is 0 Å². The van der Waals surface area contributed by atoms with Gasteiger partial charge in [-0.1, -0.05) is 55.5 Å². The number of para-hydroxylation sites is 1. The van der Waals surface area contributed by atoms with E-state index in [4.69, 9.17) is 11.5 Å². The molecule has 2 unspecified atom stereocenters. The van der Waals surface area contributed by atoms with E-state index in [0.29, 0.717) is 0 Å². The average Bonchev–Trinajstić information content (AvgIpc) is 2.62. The minimum Gasteiger partial charge on any atom is -0.370 e. The third kappa shape index (κ3) is 4.43. The molecule has 0 bridgehead atoms. The summed E-state index contributed by atoms with van der Waals surface area (Å²) in [7, 11) is 0. The number of hydrogen-bond donors (Lipinski definition) is 2. The highest BCUT2D eigenvalue weighted by Crippen LogP contribution is 2.24. The van der Waals surface area contributed by atoms with Crippen LogP contribution in [0.5, 0.6) is 0 Å². The van der Waals surface area contributed by atoms with E-state index < -0.39 is 17.9 Å². The highest BCUT2D eigenvalue weighted by molar-refractivity contribution is 5.95. The van der Waals surface area contributed by atoms with E-state index in [2.05, 4.69) is 0 Å². The lowest BCUT2D eigenvalue weighted by atomic mass is 9.94. The van der Waals surface area contributed by atoms with Crippen LogP contribution in [0.2, 0.25) is 0 Å². The molecule has 5 heteroatoms. The van der Waals surface area contributed by atoms with Crippen LogP contribution in [0.25, 0.3) is 0 Å². The Morgan fingerprint density at radius 1 is 1.00 bits per heavy atom. The zero-order valence-corrected chi connectivity index (χ0v) is 13.8. The van der Waals surface area contributed by atoms with Crippen LogP contribution in [-0.4, -0.2) is 18.4 Å². The first kappa shape index (κ1) is 17.7. The fourth-order valence-electron chi connectivity index (χ4n) is 2.56. The number of amides is 2. The van der Waals surface area contributed by atoms with Crippen molar-refractivity contribution in [2.75, 3.05) is 11.4 Å². The van der Waals surface area contributed by atoms with Crippen molar-refractivity contribution < 1.29 is 9.59 Å². The first-order chi connectivity index (χ1) is 11.5. The Morgan fingerprint density at radius 3 is 2.08 bits per heavy atom. The van der Waals surface area contributed by atoms with Gasteiger partial charge in [-0.05, 0) is 17.7 Å². The maximum Gasteiger partial charge on any atom is 0.231 e. The summed E-state index contributed by atoms with van der Waals surface area (Å²) in [5, 5.41) is 0. The predicted octanol–water partition coefficient (Wildman–Crippen LogP) is 2.23. The van der Waals surface area contributed by atoms with E-state index in [0.717, 1.165) is 11.3 Å². The Labute approximate surface area is 142 Å². The quantitative estimate of drug-likeness (QED) is 0.818. The van der Waals surface area contributed by atoms with Crippen molar-refractivity contribution in [3.05, 3.63) is 66.2 Å². The standard InChI is InChI=1S/C19H23N3O2/c1-14(18(21)15-8-4-2-5-9-15)19(24)22(13-12-17(20)23)16-10-6-3-7-11-16/h2-11,14,18H,12-13,21H2,1H3,(H2,20,23). The molecule has 0 spiro atoms. The third-order valence-corrected chi connectivity index (χ3v) is 4.03. The minimum absolute atomic E-state index is 0.105. The van der Waals surface area contributed by atoms with Gasteiger partial charge in [-0.2, -0.15) is 0 Å². The van der Waals surface area contributed by atoms with E-state index >= 15 is 0 Å². The summed E-state index contributed by atoms with van der Waals surface area (Å²) in [4.78, 5) is 25.7. The van der Waals surface area contributed by atoms with Crippen molar-refractivity contribution >= 4 is 17.5 Å².